The molecule has 1 amide bonds. The van der Waals surface area contributed by atoms with Crippen LogP contribution in [0, 0.1) is 6.92 Å². The largest absolute Gasteiger partial charge is 0.355 e. The monoisotopic (exact) mass is 491 g/mol. The van der Waals surface area contributed by atoms with E-state index in [1.165, 1.54) is 17.3 Å². The zero-order valence-electron chi connectivity index (χ0n) is 19.3. The third kappa shape index (κ3) is 5.32. The van der Waals surface area contributed by atoms with Crippen LogP contribution >= 0.6 is 23.4 Å². The maximum Gasteiger partial charge on any atom is 0.233 e. The number of nitrogens with zero attached hydrogens (tertiary/aromatic N) is 4. The molecule has 0 aliphatic heterocycles. The lowest BCUT2D eigenvalue weighted by Crippen LogP contribution is -2.33. The van der Waals surface area contributed by atoms with Crippen LogP contribution in [0.5, 0.6) is 0 Å². The van der Waals surface area contributed by atoms with Crippen LogP contribution in [-0.2, 0) is 4.79 Å². The Labute approximate surface area is 208 Å². The predicted molar refractivity (Wildman–Crippen MR) is 138 cm³/mol. The fourth-order valence-electron chi connectivity index (χ4n) is 3.60. The molecular formula is C26H26ClN5OS. The summed E-state index contributed by atoms with van der Waals surface area (Å²) in [5, 5.41) is 12.9. The highest BCUT2D eigenvalue weighted by Gasteiger charge is 2.23. The highest BCUT2D eigenvalue weighted by atomic mass is 35.5. The lowest BCUT2D eigenvalue weighted by atomic mass is 10.0. The molecule has 8 heteroatoms. The van der Waals surface area contributed by atoms with Gasteiger partial charge in [-0.25, -0.2) is 0 Å². The molecule has 2 aromatic carbocycles. The van der Waals surface area contributed by atoms with Crippen LogP contribution in [0.25, 0.3) is 17.1 Å². The van der Waals surface area contributed by atoms with Crippen LogP contribution in [0.3, 0.4) is 0 Å². The predicted octanol–water partition coefficient (Wildman–Crippen LogP) is 5.69. The van der Waals surface area contributed by atoms with Crippen LogP contribution in [0.1, 0.15) is 30.9 Å². The topological polar surface area (TPSA) is 72.7 Å². The second-order valence-electron chi connectivity index (χ2n) is 8.08. The highest BCUT2D eigenvalue weighted by Crippen LogP contribution is 2.33. The van der Waals surface area contributed by atoms with Crippen molar-refractivity contribution in [1.29, 1.82) is 0 Å². The van der Waals surface area contributed by atoms with Crippen LogP contribution in [0.4, 0.5) is 0 Å². The summed E-state index contributed by atoms with van der Waals surface area (Å²) in [6.07, 6.45) is 3.44. The first kappa shape index (κ1) is 24.0. The number of aromatic nitrogens is 4. The minimum absolute atomic E-state index is 0.0457. The summed E-state index contributed by atoms with van der Waals surface area (Å²) in [5.41, 5.74) is 3.86. The minimum atomic E-state index is -0.365. The van der Waals surface area contributed by atoms with E-state index in [0.29, 0.717) is 22.5 Å². The van der Waals surface area contributed by atoms with Crippen molar-refractivity contribution < 1.29 is 4.79 Å². The summed E-state index contributed by atoms with van der Waals surface area (Å²) in [4.78, 5) is 17.0. The van der Waals surface area contributed by atoms with E-state index in [1.807, 2.05) is 66.9 Å². The van der Waals surface area contributed by atoms with E-state index in [0.717, 1.165) is 16.8 Å². The molecule has 1 N–H and O–H groups in total. The Morgan fingerprint density at radius 3 is 2.50 bits per heavy atom. The van der Waals surface area contributed by atoms with Gasteiger partial charge < -0.3 is 5.32 Å². The summed E-state index contributed by atoms with van der Waals surface area (Å²) in [6, 6.07) is 19.7. The van der Waals surface area contributed by atoms with Gasteiger partial charge in [0.2, 0.25) is 5.91 Å². The summed E-state index contributed by atoms with van der Waals surface area (Å²) in [7, 11) is 0. The summed E-state index contributed by atoms with van der Waals surface area (Å²) < 4.78 is 1.96. The number of rotatable bonds is 8. The van der Waals surface area contributed by atoms with Crippen molar-refractivity contribution >= 4 is 29.3 Å². The number of carbonyl (C=O) groups is 1. The highest BCUT2D eigenvalue weighted by molar-refractivity contribution is 8.00. The molecule has 2 unspecified atom stereocenters. The number of hydrogen-bond donors (Lipinski definition) is 1. The second kappa shape index (κ2) is 10.8. The van der Waals surface area contributed by atoms with Gasteiger partial charge in [-0.15, -0.1) is 10.2 Å². The number of halogens is 1. The van der Waals surface area contributed by atoms with E-state index in [-0.39, 0.29) is 17.1 Å². The van der Waals surface area contributed by atoms with Gasteiger partial charge in [0.25, 0.3) is 0 Å². The van der Waals surface area contributed by atoms with E-state index < -0.39 is 0 Å². The average Bonchev–Trinajstić information content (AvgIpc) is 3.28. The molecule has 0 saturated heterocycles. The summed E-state index contributed by atoms with van der Waals surface area (Å²) in [5.74, 6) is 0.842. The lowest BCUT2D eigenvalue weighted by molar-refractivity contribution is -0.120. The molecule has 2 atom stereocenters. The molecule has 4 aromatic rings. The van der Waals surface area contributed by atoms with E-state index in [4.69, 9.17) is 11.6 Å². The SMILES string of the molecule is Cc1c(Cl)cccc1-n1c(SC(C)C(=O)NCC(C)c2ccccc2)nnc1-c1ccncc1. The van der Waals surface area contributed by atoms with Crippen molar-refractivity contribution in [2.75, 3.05) is 6.54 Å². The van der Waals surface area contributed by atoms with E-state index in [1.54, 1.807) is 12.4 Å². The van der Waals surface area contributed by atoms with Crippen molar-refractivity contribution in [3.8, 4) is 17.1 Å². The fraction of sp³-hybridized carbons (Fsp3) is 0.231. The Morgan fingerprint density at radius 1 is 1.03 bits per heavy atom. The molecule has 0 fully saturated rings. The normalized spacial score (nSPS) is 12.8. The van der Waals surface area contributed by atoms with E-state index in [2.05, 4.69) is 39.6 Å². The minimum Gasteiger partial charge on any atom is -0.355 e. The van der Waals surface area contributed by atoms with Gasteiger partial charge in [0.15, 0.2) is 11.0 Å². The first-order valence-corrected chi connectivity index (χ1v) is 12.3. The molecule has 0 spiro atoms. The number of hydrogen-bond acceptors (Lipinski definition) is 5. The number of amides is 1. The Kier molecular flexibility index (Phi) is 7.65. The first-order valence-electron chi connectivity index (χ1n) is 11.1. The van der Waals surface area contributed by atoms with E-state index in [9.17, 15) is 4.79 Å². The second-order valence-corrected chi connectivity index (χ2v) is 9.79. The van der Waals surface area contributed by atoms with Gasteiger partial charge in [-0.1, -0.05) is 66.7 Å². The van der Waals surface area contributed by atoms with Gasteiger partial charge in [-0.2, -0.15) is 0 Å². The van der Waals surface area contributed by atoms with Crippen molar-refractivity contribution in [1.82, 2.24) is 25.1 Å². The Hall–Kier alpha value is -3.16. The van der Waals surface area contributed by atoms with Crippen molar-refractivity contribution in [3.63, 3.8) is 0 Å². The van der Waals surface area contributed by atoms with Crippen molar-refractivity contribution in [3.05, 3.63) is 89.2 Å². The lowest BCUT2D eigenvalue weighted by Gasteiger charge is -2.17. The Morgan fingerprint density at radius 2 is 1.76 bits per heavy atom. The van der Waals surface area contributed by atoms with Gasteiger partial charge >= 0.3 is 0 Å². The zero-order valence-corrected chi connectivity index (χ0v) is 20.8. The molecule has 0 bridgehead atoms. The summed E-state index contributed by atoms with van der Waals surface area (Å²) >= 11 is 7.79. The number of carbonyl (C=O) groups excluding carboxylic acids is 1. The van der Waals surface area contributed by atoms with Crippen LogP contribution in [0.15, 0.2) is 78.2 Å². The van der Waals surface area contributed by atoms with E-state index >= 15 is 0 Å². The molecule has 2 aromatic heterocycles. The fourth-order valence-corrected chi connectivity index (χ4v) is 4.65. The number of pyridine rings is 1. The molecule has 0 aliphatic rings. The molecule has 2 heterocycles. The standard InChI is InChI=1S/C26H26ClN5OS/c1-17(20-8-5-4-6-9-20)16-29-25(33)19(3)34-26-31-30-24(21-12-14-28-15-13-21)32(26)23-11-7-10-22(27)18(23)2/h4-15,17,19H,16H2,1-3H3,(H,29,33). The van der Waals surface area contributed by atoms with Crippen molar-refractivity contribution in [2.24, 2.45) is 0 Å². The molecule has 4 rings (SSSR count). The van der Waals surface area contributed by atoms with Crippen LogP contribution < -0.4 is 5.32 Å². The average molecular weight is 492 g/mol. The van der Waals surface area contributed by atoms with Gasteiger partial charge in [0.05, 0.1) is 10.9 Å². The molecular weight excluding hydrogens is 466 g/mol. The number of thioether (sulfide) groups is 1. The molecule has 174 valence electrons. The molecule has 0 aliphatic carbocycles. The molecule has 0 saturated carbocycles. The first-order chi connectivity index (χ1) is 16.5. The zero-order chi connectivity index (χ0) is 24.1. The van der Waals surface area contributed by atoms with Crippen LogP contribution in [-0.4, -0.2) is 37.5 Å². The number of nitrogens with one attached hydrogen (secondary N) is 1. The molecule has 0 radical (unpaired) electrons. The van der Waals surface area contributed by atoms with Gasteiger partial charge in [0, 0.05) is 29.5 Å². The quantitative estimate of drug-likeness (QED) is 0.320. The third-order valence-corrected chi connectivity index (χ3v) is 7.11. The van der Waals surface area contributed by atoms with Gasteiger partial charge in [-0.05, 0) is 55.2 Å². The third-order valence-electron chi connectivity index (χ3n) is 5.65. The number of benzene rings is 2. The maximum absolute atomic E-state index is 12.9. The molecule has 34 heavy (non-hydrogen) atoms. The van der Waals surface area contributed by atoms with Gasteiger partial charge in [-0.3, -0.25) is 14.3 Å². The van der Waals surface area contributed by atoms with Crippen molar-refractivity contribution in [2.45, 2.75) is 37.1 Å². The summed E-state index contributed by atoms with van der Waals surface area (Å²) in [6.45, 7) is 6.51. The smallest absolute Gasteiger partial charge is 0.233 e. The Balaban J connectivity index is 1.57. The molecule has 6 nitrogen and oxygen atoms in total. The van der Waals surface area contributed by atoms with Gasteiger partial charge in [0.1, 0.15) is 0 Å². The van der Waals surface area contributed by atoms with Crippen LogP contribution in [0.2, 0.25) is 5.02 Å². The maximum atomic E-state index is 12.9. The Bertz CT molecular complexity index is 1260.